The third-order valence-electron chi connectivity index (χ3n) is 3.46. The topological polar surface area (TPSA) is 26.3 Å². The molecule has 0 amide bonds. The minimum absolute atomic E-state index is 0.0419. The summed E-state index contributed by atoms with van der Waals surface area (Å²) in [6.45, 7) is 2.79. The summed E-state index contributed by atoms with van der Waals surface area (Å²) >= 11 is 0. The van der Waals surface area contributed by atoms with Crippen LogP contribution in [0.3, 0.4) is 0 Å². The van der Waals surface area contributed by atoms with E-state index >= 15 is 0 Å². The minimum Gasteiger partial charge on any atom is -0.492 e. The number of unbranched alkanes of at least 4 members (excludes halogenated alkanes) is 1. The van der Waals surface area contributed by atoms with Crippen LogP contribution in [0.25, 0.3) is 11.3 Å². The van der Waals surface area contributed by atoms with Crippen LogP contribution in [0.1, 0.15) is 30.9 Å². The summed E-state index contributed by atoms with van der Waals surface area (Å²) in [7, 11) is 0. The van der Waals surface area contributed by atoms with Crippen molar-refractivity contribution in [1.29, 1.82) is 0 Å². The number of hydrogen-bond donors (Lipinski definition) is 0. The number of fused-ring (bicyclic) bond motifs is 3. The Labute approximate surface area is 113 Å². The van der Waals surface area contributed by atoms with Crippen LogP contribution < -0.4 is 0 Å². The Morgan fingerprint density at radius 3 is 2.74 bits per heavy atom. The van der Waals surface area contributed by atoms with Gasteiger partial charge in [0.15, 0.2) is 5.78 Å². The molecule has 0 aromatic heterocycles. The molecular formula is C17H16O2. The quantitative estimate of drug-likeness (QED) is 0.763. The predicted octanol–water partition coefficient (Wildman–Crippen LogP) is 3.75. The Bertz CT molecular complexity index is 618. The van der Waals surface area contributed by atoms with Crippen LogP contribution in [0.2, 0.25) is 0 Å². The van der Waals surface area contributed by atoms with Crippen molar-refractivity contribution >= 4 is 17.1 Å². The highest BCUT2D eigenvalue weighted by molar-refractivity contribution is 6.25. The first-order valence-electron chi connectivity index (χ1n) is 6.73. The van der Waals surface area contributed by atoms with Crippen molar-refractivity contribution in [2.24, 2.45) is 0 Å². The average Bonchev–Trinajstić information content (AvgIpc) is 2.76. The van der Waals surface area contributed by atoms with Gasteiger partial charge >= 0.3 is 0 Å². The zero-order valence-corrected chi connectivity index (χ0v) is 11.0. The Kier molecular flexibility index (Phi) is 3.08. The lowest BCUT2D eigenvalue weighted by Gasteiger charge is -2.10. The molecule has 0 atom stereocenters. The predicted molar refractivity (Wildman–Crippen MR) is 76.3 cm³/mol. The van der Waals surface area contributed by atoms with E-state index in [1.165, 1.54) is 0 Å². The highest BCUT2D eigenvalue weighted by Gasteiger charge is 2.31. The molecule has 0 N–H and O–H groups in total. The number of ketones is 1. The van der Waals surface area contributed by atoms with E-state index in [2.05, 4.69) is 6.92 Å². The summed E-state index contributed by atoms with van der Waals surface area (Å²) in [4.78, 5) is 12.1. The SMILES string of the molecule is CCCCOC1=C2C(=O)C=CC=C2c2ccccc21. The first kappa shape index (κ1) is 12.0. The second kappa shape index (κ2) is 4.88. The van der Waals surface area contributed by atoms with Gasteiger partial charge in [0.25, 0.3) is 0 Å². The molecule has 0 saturated carbocycles. The van der Waals surface area contributed by atoms with Crippen molar-refractivity contribution in [2.75, 3.05) is 6.61 Å². The molecule has 1 aromatic rings. The van der Waals surface area contributed by atoms with E-state index in [9.17, 15) is 4.79 Å². The van der Waals surface area contributed by atoms with Crippen LogP contribution in [0, 0.1) is 0 Å². The van der Waals surface area contributed by atoms with Crippen LogP contribution in [-0.4, -0.2) is 12.4 Å². The van der Waals surface area contributed by atoms with Crippen molar-refractivity contribution in [1.82, 2.24) is 0 Å². The first-order chi connectivity index (χ1) is 9.33. The molecule has 0 bridgehead atoms. The van der Waals surface area contributed by atoms with E-state index in [1.54, 1.807) is 6.08 Å². The maximum atomic E-state index is 12.1. The van der Waals surface area contributed by atoms with Crippen molar-refractivity contribution in [3.8, 4) is 0 Å². The summed E-state index contributed by atoms with van der Waals surface area (Å²) in [5.74, 6) is 0.796. The molecule has 0 fully saturated rings. The lowest BCUT2D eigenvalue weighted by Crippen LogP contribution is -2.04. The van der Waals surface area contributed by atoms with Gasteiger partial charge < -0.3 is 4.74 Å². The molecule has 0 radical (unpaired) electrons. The molecule has 2 nitrogen and oxygen atoms in total. The molecule has 2 heteroatoms. The second-order valence-electron chi connectivity index (χ2n) is 4.76. The number of ether oxygens (including phenoxy) is 1. The maximum absolute atomic E-state index is 12.1. The fourth-order valence-electron chi connectivity index (χ4n) is 2.51. The van der Waals surface area contributed by atoms with Crippen molar-refractivity contribution < 1.29 is 9.53 Å². The molecule has 0 unspecified atom stereocenters. The molecule has 19 heavy (non-hydrogen) atoms. The highest BCUT2D eigenvalue weighted by atomic mass is 16.5. The summed E-state index contributed by atoms with van der Waals surface area (Å²) in [6.07, 6.45) is 7.50. The number of carbonyl (C=O) groups is 1. The Morgan fingerprint density at radius 1 is 1.16 bits per heavy atom. The number of rotatable bonds is 4. The summed E-state index contributed by atoms with van der Waals surface area (Å²) in [5.41, 5.74) is 3.85. The van der Waals surface area contributed by atoms with E-state index in [4.69, 9.17) is 4.74 Å². The van der Waals surface area contributed by atoms with Gasteiger partial charge in [-0.3, -0.25) is 4.79 Å². The largest absolute Gasteiger partial charge is 0.492 e. The average molecular weight is 252 g/mol. The zero-order chi connectivity index (χ0) is 13.2. The number of carbonyl (C=O) groups excluding carboxylic acids is 1. The molecule has 2 aliphatic rings. The standard InChI is InChI=1S/C17H16O2/c1-2-3-11-19-17-14-8-5-4-7-12(14)13-9-6-10-15(18)16(13)17/h4-10H,2-3,11H2,1H3. The van der Waals surface area contributed by atoms with Gasteiger partial charge in [0.05, 0.1) is 12.2 Å². The smallest absolute Gasteiger partial charge is 0.190 e. The monoisotopic (exact) mass is 252 g/mol. The number of allylic oxidation sites excluding steroid dienone is 5. The molecule has 0 saturated heterocycles. The Hall–Kier alpha value is -2.09. The fraction of sp³-hybridized carbons (Fsp3) is 0.235. The van der Waals surface area contributed by atoms with Gasteiger partial charge in [-0.15, -0.1) is 0 Å². The molecule has 2 aliphatic carbocycles. The van der Waals surface area contributed by atoms with Gasteiger partial charge in [0.2, 0.25) is 0 Å². The van der Waals surface area contributed by atoms with E-state index < -0.39 is 0 Å². The molecule has 0 spiro atoms. The van der Waals surface area contributed by atoms with Gasteiger partial charge in [-0.1, -0.05) is 49.8 Å². The van der Waals surface area contributed by atoms with Gasteiger partial charge in [-0.2, -0.15) is 0 Å². The summed E-state index contributed by atoms with van der Waals surface area (Å²) in [6, 6.07) is 8.05. The van der Waals surface area contributed by atoms with Gasteiger partial charge in [-0.05, 0) is 23.6 Å². The van der Waals surface area contributed by atoms with Crippen molar-refractivity contribution in [2.45, 2.75) is 19.8 Å². The molecule has 0 aliphatic heterocycles. The maximum Gasteiger partial charge on any atom is 0.190 e. The molecule has 96 valence electrons. The van der Waals surface area contributed by atoms with Gasteiger partial charge in [-0.25, -0.2) is 0 Å². The van der Waals surface area contributed by atoms with E-state index in [-0.39, 0.29) is 5.78 Å². The number of benzene rings is 1. The normalized spacial score (nSPS) is 16.3. The van der Waals surface area contributed by atoms with Crippen LogP contribution in [0.5, 0.6) is 0 Å². The Balaban J connectivity index is 2.06. The molecule has 0 heterocycles. The summed E-state index contributed by atoms with van der Waals surface area (Å²) < 4.78 is 5.89. The third-order valence-corrected chi connectivity index (χ3v) is 3.46. The lowest BCUT2D eigenvalue weighted by molar-refractivity contribution is -0.111. The fourth-order valence-corrected chi connectivity index (χ4v) is 2.51. The molecular weight excluding hydrogens is 236 g/mol. The number of hydrogen-bond acceptors (Lipinski definition) is 2. The van der Waals surface area contributed by atoms with Crippen LogP contribution in [0.4, 0.5) is 0 Å². The highest BCUT2D eigenvalue weighted by Crippen LogP contribution is 2.43. The van der Waals surface area contributed by atoms with E-state index in [0.29, 0.717) is 6.61 Å². The Morgan fingerprint density at radius 2 is 1.95 bits per heavy atom. The van der Waals surface area contributed by atoms with Crippen LogP contribution in [0.15, 0.2) is 48.1 Å². The van der Waals surface area contributed by atoms with Gasteiger partial charge in [0, 0.05) is 5.56 Å². The molecule has 3 rings (SSSR count). The minimum atomic E-state index is 0.0419. The zero-order valence-electron chi connectivity index (χ0n) is 11.0. The lowest BCUT2D eigenvalue weighted by atomic mass is 9.96. The van der Waals surface area contributed by atoms with Crippen molar-refractivity contribution in [3.05, 3.63) is 59.2 Å². The van der Waals surface area contributed by atoms with Crippen LogP contribution in [-0.2, 0) is 9.53 Å². The van der Waals surface area contributed by atoms with Crippen molar-refractivity contribution in [3.63, 3.8) is 0 Å². The van der Waals surface area contributed by atoms with E-state index in [0.717, 1.165) is 40.9 Å². The van der Waals surface area contributed by atoms with Gasteiger partial charge in [0.1, 0.15) is 5.76 Å². The van der Waals surface area contributed by atoms with Crippen LogP contribution >= 0.6 is 0 Å². The first-order valence-corrected chi connectivity index (χ1v) is 6.73. The molecule has 1 aromatic carbocycles. The van der Waals surface area contributed by atoms with E-state index in [1.807, 2.05) is 36.4 Å². The second-order valence-corrected chi connectivity index (χ2v) is 4.76. The third kappa shape index (κ3) is 1.93. The summed E-state index contributed by atoms with van der Waals surface area (Å²) in [5, 5.41) is 0.